The molecule has 0 bridgehead atoms. The lowest BCUT2D eigenvalue weighted by Crippen LogP contribution is -2.38. The quantitative estimate of drug-likeness (QED) is 0.780. The fraction of sp³-hybridized carbons (Fsp3) is 0.500. The molecule has 1 amide bonds. The Hall–Kier alpha value is -2.77. The maximum Gasteiger partial charge on any atom is 0.274 e. The molecule has 3 aromatic rings. The van der Waals surface area contributed by atoms with Crippen LogP contribution in [0.25, 0.3) is 5.65 Å². The van der Waals surface area contributed by atoms with E-state index in [0.717, 1.165) is 35.7 Å². The van der Waals surface area contributed by atoms with Crippen LogP contribution in [0.2, 0.25) is 0 Å². The molecule has 26 heavy (non-hydrogen) atoms. The zero-order chi connectivity index (χ0) is 17.7. The van der Waals surface area contributed by atoms with Crippen molar-refractivity contribution in [1.29, 1.82) is 0 Å². The average molecular weight is 351 g/mol. The van der Waals surface area contributed by atoms with E-state index in [0.29, 0.717) is 24.7 Å². The molecule has 8 nitrogen and oxygen atoms in total. The Labute approximate surface area is 150 Å². The van der Waals surface area contributed by atoms with E-state index >= 15 is 0 Å². The van der Waals surface area contributed by atoms with E-state index in [9.17, 15) is 4.79 Å². The first-order chi connectivity index (χ1) is 12.7. The van der Waals surface area contributed by atoms with E-state index in [1.807, 2.05) is 22.4 Å². The molecule has 0 spiro atoms. The summed E-state index contributed by atoms with van der Waals surface area (Å²) in [6.45, 7) is 3.30. The van der Waals surface area contributed by atoms with Gasteiger partial charge in [-0.05, 0) is 50.8 Å². The van der Waals surface area contributed by atoms with Crippen LogP contribution in [0.4, 0.5) is 0 Å². The van der Waals surface area contributed by atoms with Crippen molar-refractivity contribution in [2.24, 2.45) is 0 Å². The molecule has 1 N–H and O–H groups in total. The number of piperidine rings is 1. The Morgan fingerprint density at radius 3 is 2.62 bits per heavy atom. The molecule has 1 aliphatic carbocycles. The third-order valence-electron chi connectivity index (χ3n) is 5.38. The molecule has 5 rings (SSSR count). The number of rotatable bonds is 3. The van der Waals surface area contributed by atoms with Gasteiger partial charge in [0.05, 0.1) is 5.69 Å². The van der Waals surface area contributed by atoms with Gasteiger partial charge in [0.15, 0.2) is 11.5 Å². The van der Waals surface area contributed by atoms with Crippen LogP contribution in [0.5, 0.6) is 0 Å². The first-order valence-corrected chi connectivity index (χ1v) is 9.22. The highest BCUT2D eigenvalue weighted by atomic mass is 16.2. The van der Waals surface area contributed by atoms with Gasteiger partial charge in [-0.3, -0.25) is 9.89 Å². The van der Waals surface area contributed by atoms with E-state index < -0.39 is 0 Å². The Bertz CT molecular complexity index is 963. The molecule has 1 saturated heterocycles. The van der Waals surface area contributed by atoms with Crippen LogP contribution in [-0.2, 0) is 0 Å². The van der Waals surface area contributed by atoms with Crippen molar-refractivity contribution in [1.82, 2.24) is 34.9 Å². The maximum absolute atomic E-state index is 12.5. The number of H-pyrrole nitrogens is 1. The number of amides is 1. The molecule has 0 aromatic carbocycles. The standard InChI is InChI=1S/C18H21N7O/c1-11-10-15(20-19-11)18(26)24-8-6-13(7-9-24)17-22-21-16-5-4-14(12-2-3-12)23-25(16)17/h4-5,10,12-13H,2-3,6-9H2,1H3,(H,19,20). The van der Waals surface area contributed by atoms with Crippen LogP contribution in [0.15, 0.2) is 18.2 Å². The van der Waals surface area contributed by atoms with E-state index in [4.69, 9.17) is 5.10 Å². The second-order valence-corrected chi connectivity index (χ2v) is 7.36. The van der Waals surface area contributed by atoms with Crippen LogP contribution < -0.4 is 0 Å². The molecular weight excluding hydrogens is 330 g/mol. The van der Waals surface area contributed by atoms with Gasteiger partial charge < -0.3 is 4.90 Å². The highest BCUT2D eigenvalue weighted by Crippen LogP contribution is 2.39. The van der Waals surface area contributed by atoms with Gasteiger partial charge in [-0.15, -0.1) is 10.2 Å². The van der Waals surface area contributed by atoms with Crippen molar-refractivity contribution in [3.05, 3.63) is 41.1 Å². The number of hydrogen-bond acceptors (Lipinski definition) is 5. The number of aromatic amines is 1. The lowest BCUT2D eigenvalue weighted by Gasteiger charge is -2.30. The van der Waals surface area contributed by atoms with Crippen molar-refractivity contribution >= 4 is 11.6 Å². The number of nitrogens with zero attached hydrogens (tertiary/aromatic N) is 6. The predicted octanol–water partition coefficient (Wildman–Crippen LogP) is 2.05. The van der Waals surface area contributed by atoms with Crippen LogP contribution in [0, 0.1) is 6.92 Å². The Morgan fingerprint density at radius 2 is 1.92 bits per heavy atom. The molecule has 0 unspecified atom stereocenters. The van der Waals surface area contributed by atoms with Crippen molar-refractivity contribution in [2.75, 3.05) is 13.1 Å². The molecule has 3 aromatic heterocycles. The normalized spacial score (nSPS) is 18.6. The van der Waals surface area contributed by atoms with Crippen LogP contribution in [0.3, 0.4) is 0 Å². The molecule has 0 atom stereocenters. The van der Waals surface area contributed by atoms with Gasteiger partial charge in [0.1, 0.15) is 5.69 Å². The van der Waals surface area contributed by atoms with Gasteiger partial charge in [-0.1, -0.05) is 0 Å². The number of aryl methyl sites for hydroxylation is 1. The van der Waals surface area contributed by atoms with Crippen LogP contribution in [-0.4, -0.2) is 53.9 Å². The lowest BCUT2D eigenvalue weighted by molar-refractivity contribution is 0.0704. The van der Waals surface area contributed by atoms with Gasteiger partial charge in [-0.2, -0.15) is 14.7 Å². The second kappa shape index (κ2) is 5.89. The summed E-state index contributed by atoms with van der Waals surface area (Å²) < 4.78 is 1.91. The monoisotopic (exact) mass is 351 g/mol. The Kier molecular flexibility index (Phi) is 3.51. The first-order valence-electron chi connectivity index (χ1n) is 9.22. The zero-order valence-corrected chi connectivity index (χ0v) is 14.7. The van der Waals surface area contributed by atoms with Crippen molar-refractivity contribution < 1.29 is 4.79 Å². The summed E-state index contributed by atoms with van der Waals surface area (Å²) in [6.07, 6.45) is 4.18. The number of nitrogens with one attached hydrogen (secondary N) is 1. The van der Waals surface area contributed by atoms with Crippen LogP contribution in [0.1, 0.15) is 65.2 Å². The molecule has 0 radical (unpaired) electrons. The summed E-state index contributed by atoms with van der Waals surface area (Å²) in [7, 11) is 0. The fourth-order valence-corrected chi connectivity index (χ4v) is 3.70. The van der Waals surface area contributed by atoms with Gasteiger partial charge >= 0.3 is 0 Å². The minimum absolute atomic E-state index is 0.00644. The number of hydrogen-bond donors (Lipinski definition) is 1. The summed E-state index contributed by atoms with van der Waals surface area (Å²) in [5.74, 6) is 1.79. The van der Waals surface area contributed by atoms with Crippen LogP contribution >= 0.6 is 0 Å². The molecule has 2 aliphatic rings. The average Bonchev–Trinajstić information content (AvgIpc) is 3.30. The molecule has 1 saturated carbocycles. The zero-order valence-electron chi connectivity index (χ0n) is 14.7. The van der Waals surface area contributed by atoms with Gasteiger partial charge in [0, 0.05) is 30.6 Å². The first kappa shape index (κ1) is 15.5. The van der Waals surface area contributed by atoms with E-state index in [-0.39, 0.29) is 11.8 Å². The highest BCUT2D eigenvalue weighted by Gasteiger charge is 2.30. The third kappa shape index (κ3) is 2.65. The van der Waals surface area contributed by atoms with Gasteiger partial charge in [0.25, 0.3) is 5.91 Å². The fourth-order valence-electron chi connectivity index (χ4n) is 3.70. The van der Waals surface area contributed by atoms with Crippen molar-refractivity contribution in [3.63, 3.8) is 0 Å². The number of aromatic nitrogens is 6. The summed E-state index contributed by atoms with van der Waals surface area (Å²) in [5, 5.41) is 20.4. The van der Waals surface area contributed by atoms with E-state index in [2.05, 4.69) is 26.5 Å². The molecular formula is C18H21N7O. The summed E-state index contributed by atoms with van der Waals surface area (Å²) in [6, 6.07) is 5.87. The third-order valence-corrected chi connectivity index (χ3v) is 5.38. The number of carbonyl (C=O) groups excluding carboxylic acids is 1. The van der Waals surface area contributed by atoms with Crippen molar-refractivity contribution in [2.45, 2.75) is 44.4 Å². The number of carbonyl (C=O) groups is 1. The number of likely N-dealkylation sites (tertiary alicyclic amines) is 1. The smallest absolute Gasteiger partial charge is 0.274 e. The summed E-state index contributed by atoms with van der Waals surface area (Å²) >= 11 is 0. The van der Waals surface area contributed by atoms with E-state index in [1.165, 1.54) is 12.8 Å². The maximum atomic E-state index is 12.5. The lowest BCUT2D eigenvalue weighted by atomic mass is 9.96. The second-order valence-electron chi connectivity index (χ2n) is 7.36. The van der Waals surface area contributed by atoms with Gasteiger partial charge in [0.2, 0.25) is 0 Å². The Balaban J connectivity index is 1.33. The molecule has 134 valence electrons. The summed E-state index contributed by atoms with van der Waals surface area (Å²) in [5.41, 5.74) is 3.33. The SMILES string of the molecule is Cc1cc(C(=O)N2CCC(c3nnc4ccc(C5CC5)nn34)CC2)n[nH]1. The largest absolute Gasteiger partial charge is 0.337 e. The minimum Gasteiger partial charge on any atom is -0.337 e. The summed E-state index contributed by atoms with van der Waals surface area (Å²) in [4.78, 5) is 14.4. The van der Waals surface area contributed by atoms with Crippen molar-refractivity contribution in [3.8, 4) is 0 Å². The molecule has 8 heteroatoms. The molecule has 4 heterocycles. The van der Waals surface area contributed by atoms with Gasteiger partial charge in [-0.25, -0.2) is 0 Å². The predicted molar refractivity (Wildman–Crippen MR) is 94.0 cm³/mol. The topological polar surface area (TPSA) is 92.1 Å². The Morgan fingerprint density at radius 1 is 1.12 bits per heavy atom. The highest BCUT2D eigenvalue weighted by molar-refractivity contribution is 5.92. The molecule has 1 aliphatic heterocycles. The number of fused-ring (bicyclic) bond motifs is 1. The van der Waals surface area contributed by atoms with E-state index in [1.54, 1.807) is 6.07 Å². The minimum atomic E-state index is -0.00644. The molecule has 2 fully saturated rings.